The molecule has 10 heterocycles. The molecule has 2 unspecified atom stereocenters. The number of hydrogen-bond donors (Lipinski definition) is 0. The normalized spacial score (nSPS) is 17.6. The first-order valence-corrected chi connectivity index (χ1v) is 47.0. The van der Waals surface area contributed by atoms with Gasteiger partial charge in [-0.15, -0.1) is 56.7 Å². The average Bonchev–Trinajstić information content (AvgIpc) is 1.55. The van der Waals surface area contributed by atoms with Crippen molar-refractivity contribution in [3.63, 3.8) is 0 Å². The smallest absolute Gasteiger partial charge is 0.399 e. The van der Waals surface area contributed by atoms with E-state index < -0.39 is 0 Å². The van der Waals surface area contributed by atoms with Crippen molar-refractivity contribution in [1.82, 2.24) is 9.80 Å². The van der Waals surface area contributed by atoms with Crippen molar-refractivity contribution in [3.8, 4) is 9.75 Å². The number of unbranched alkanes of at least 4 members (excludes halogenated alkanes) is 32. The van der Waals surface area contributed by atoms with Crippen LogP contribution in [-0.2, 0) is 28.2 Å². The molecule has 6 aromatic rings. The van der Waals surface area contributed by atoms with E-state index in [1.165, 1.54) is 269 Å². The molecule has 104 heavy (non-hydrogen) atoms. The van der Waals surface area contributed by atoms with E-state index in [1.807, 2.05) is 46.1 Å². The second kappa shape index (κ2) is 41.9. The van der Waals surface area contributed by atoms with Crippen LogP contribution in [0.3, 0.4) is 0 Å². The lowest BCUT2D eigenvalue weighted by Gasteiger charge is -2.32. The van der Waals surface area contributed by atoms with E-state index >= 15 is 9.59 Å². The van der Waals surface area contributed by atoms with Crippen LogP contribution in [0.5, 0.6) is 0 Å². The Hall–Kier alpha value is -2.89. The number of rotatable bonds is 49. The zero-order valence-corrected chi connectivity index (χ0v) is 72.3. The van der Waals surface area contributed by atoms with E-state index in [0.717, 1.165) is 56.4 Å². The summed E-state index contributed by atoms with van der Waals surface area (Å²) in [4.78, 5) is 44.0. The molecule has 0 aromatic carbocycles. The molecule has 0 bridgehead atoms. The van der Waals surface area contributed by atoms with Gasteiger partial charge in [-0.25, -0.2) is 0 Å². The van der Waals surface area contributed by atoms with Crippen LogP contribution in [0.2, 0.25) is 0 Å². The lowest BCUT2D eigenvalue weighted by molar-refractivity contribution is -0.124. The summed E-state index contributed by atoms with van der Waals surface area (Å²) < 4.78 is 31.6. The van der Waals surface area contributed by atoms with Gasteiger partial charge in [0.2, 0.25) is 0 Å². The summed E-state index contributed by atoms with van der Waals surface area (Å²) in [5, 5.41) is 0. The molecule has 0 radical (unpaired) electrons. The van der Waals surface area contributed by atoms with Crippen LogP contribution in [0, 0.1) is 25.7 Å². The quantitative estimate of drug-likeness (QED) is 0.0280. The first kappa shape index (κ1) is 85.1. The van der Waals surface area contributed by atoms with Gasteiger partial charge in [0.05, 0.1) is 54.7 Å². The van der Waals surface area contributed by atoms with Gasteiger partial charge in [-0.2, -0.15) is 11.3 Å². The van der Waals surface area contributed by atoms with Crippen molar-refractivity contribution < 1.29 is 28.2 Å². The third-order valence-corrected chi connectivity index (χ3v) is 30.4. The van der Waals surface area contributed by atoms with E-state index in [9.17, 15) is 0 Å². The van der Waals surface area contributed by atoms with Gasteiger partial charge in [0.1, 0.15) is 0 Å². The highest BCUT2D eigenvalue weighted by Crippen LogP contribution is 2.53. The molecule has 2 fully saturated rings. The number of carbonyl (C=O) groups is 2. The van der Waals surface area contributed by atoms with Gasteiger partial charge >= 0.3 is 14.2 Å². The van der Waals surface area contributed by atoms with Crippen molar-refractivity contribution in [2.75, 3.05) is 13.1 Å². The standard InChI is InChI=1S/C72H110N2O2S5.C16H26B2O4S/c1-7-11-15-19-23-27-29-33-37-41-45-57(43-39-35-31-25-21-17-13-9-3)53-73-69(65-51-62-60(80-65)49-56(6)78-62)67-68(72(73)76)70(66-52-64-63(81-66)50-61(79-64)59-48-47-55(5)77-59)74(71(67)75)54-58(44-40-36-32-26-22-18-14-10-4)46-42-38-34-30-28-24-20-16-12-8-2;1-13(2)14(3,4)20-17(19-13)11-9-10-12(23-11)18-21-15(5,6)16(7,8)22-18/h47-52,57-58H,7-46,53-54H2,1-6H3;9-10H,1-8H3. The van der Waals surface area contributed by atoms with Crippen molar-refractivity contribution in [2.45, 2.75) is 376 Å². The molecule has 2 amide bonds. The number of nitrogens with zero attached hydrogens (tertiary/aromatic N) is 2. The minimum absolute atomic E-state index is 0.0728. The van der Waals surface area contributed by atoms with Gasteiger partial charge in [0.15, 0.2) is 0 Å². The zero-order valence-electron chi connectivity index (χ0n) is 67.4. The van der Waals surface area contributed by atoms with E-state index in [1.54, 1.807) is 34.0 Å². The first-order valence-electron chi connectivity index (χ1n) is 42.1. The Labute approximate surface area is 656 Å². The SMILES string of the molecule is CC1(C)OB(c2ccc(B3OC(C)(C)C(C)(C)O3)s2)OC1(C)C.CCCCCCCCCCCCC(CCCCCCCCCC)CN1C(=O)C2=C(c3cc4sc(-c5ccc(C)s5)cc4s3)N(CC(CCCCCCCCCC)CCCCCCCCCCCC)C(=O)C2=C1c1cc2sc(C)cc2s1. The van der Waals surface area contributed by atoms with Crippen molar-refractivity contribution in [2.24, 2.45) is 11.8 Å². The van der Waals surface area contributed by atoms with Gasteiger partial charge in [-0.3, -0.25) is 9.59 Å². The van der Waals surface area contributed by atoms with Crippen LogP contribution < -0.4 is 9.55 Å². The van der Waals surface area contributed by atoms with E-state index in [-0.39, 0.29) is 48.5 Å². The molecule has 2 saturated heterocycles. The molecule has 0 spiro atoms. The Morgan fingerprint density at radius 2 is 0.615 bits per heavy atom. The molecule has 4 aliphatic rings. The van der Waals surface area contributed by atoms with Gasteiger partial charge in [0, 0.05) is 61.0 Å². The highest BCUT2D eigenvalue weighted by atomic mass is 32.1. The molecule has 2 atom stereocenters. The molecule has 16 heteroatoms. The summed E-state index contributed by atoms with van der Waals surface area (Å²) in [6.07, 6.45) is 52.3. The molecule has 4 aliphatic heterocycles. The Balaban J connectivity index is 0.000000458. The van der Waals surface area contributed by atoms with Crippen molar-refractivity contribution in [1.29, 1.82) is 0 Å². The monoisotopic (exact) mass is 1530 g/mol. The summed E-state index contributed by atoms with van der Waals surface area (Å²) in [5.74, 6) is 0.946. The number of carbonyl (C=O) groups excluding carboxylic acids is 2. The second-order valence-electron chi connectivity index (χ2n) is 33.5. The summed E-state index contributed by atoms with van der Waals surface area (Å²) >= 11 is 10.8. The second-order valence-corrected chi connectivity index (χ2v) is 40.4. The lowest BCUT2D eigenvalue weighted by atomic mass is 9.86. The van der Waals surface area contributed by atoms with Crippen LogP contribution in [0.1, 0.15) is 359 Å². The Morgan fingerprint density at radius 3 is 0.923 bits per heavy atom. The van der Waals surface area contributed by atoms with Crippen molar-refractivity contribution >= 4 is 134 Å². The Kier molecular flexibility index (Phi) is 34.3. The highest BCUT2D eigenvalue weighted by molar-refractivity contribution is 7.32. The molecule has 8 nitrogen and oxygen atoms in total. The van der Waals surface area contributed by atoms with Crippen LogP contribution in [0.4, 0.5) is 0 Å². The molecule has 6 aromatic heterocycles. The summed E-state index contributed by atoms with van der Waals surface area (Å²) in [5.41, 5.74) is 1.91. The number of fused-ring (bicyclic) bond motifs is 3. The Morgan fingerprint density at radius 1 is 0.327 bits per heavy atom. The summed E-state index contributed by atoms with van der Waals surface area (Å²) in [6, 6.07) is 18.0. The van der Waals surface area contributed by atoms with E-state index in [2.05, 4.69) is 143 Å². The summed E-state index contributed by atoms with van der Waals surface area (Å²) in [6.45, 7) is 31.5. The third kappa shape index (κ3) is 23.6. The maximum atomic E-state index is 16.1. The van der Waals surface area contributed by atoms with Crippen LogP contribution >= 0.6 is 68.0 Å². The predicted octanol–water partition coefficient (Wildman–Crippen LogP) is 27.7. The van der Waals surface area contributed by atoms with Gasteiger partial charge < -0.3 is 28.4 Å². The third-order valence-electron chi connectivity index (χ3n) is 23.5. The number of amides is 2. The minimum atomic E-state index is -0.332. The molecule has 0 N–H and O–H groups in total. The fraction of sp³-hybridized carbons (Fsp3) is 0.705. The van der Waals surface area contributed by atoms with Crippen molar-refractivity contribution in [3.05, 3.63) is 79.2 Å². The maximum absolute atomic E-state index is 16.1. The fourth-order valence-electron chi connectivity index (χ4n) is 15.7. The van der Waals surface area contributed by atoms with Gasteiger partial charge in [-0.05, 0) is 143 Å². The predicted molar refractivity (Wildman–Crippen MR) is 460 cm³/mol. The van der Waals surface area contributed by atoms with Gasteiger partial charge in [0.25, 0.3) is 11.8 Å². The maximum Gasteiger partial charge on any atom is 0.505 e. The highest BCUT2D eigenvalue weighted by Gasteiger charge is 2.55. The number of thiophene rings is 6. The number of aryl methyl sites for hydroxylation is 2. The van der Waals surface area contributed by atoms with Gasteiger partial charge in [-0.1, -0.05) is 271 Å². The van der Waals surface area contributed by atoms with E-state index in [4.69, 9.17) is 18.6 Å². The van der Waals surface area contributed by atoms with Crippen LogP contribution in [0.25, 0.3) is 39.9 Å². The molecule has 576 valence electrons. The fourth-order valence-corrected chi connectivity index (χ4v) is 22.4. The van der Waals surface area contributed by atoms with Crippen LogP contribution in [0.15, 0.2) is 59.7 Å². The first-order chi connectivity index (χ1) is 50.1. The molecule has 0 aliphatic carbocycles. The largest absolute Gasteiger partial charge is 0.505 e. The number of hydrogen-bond acceptors (Lipinski definition) is 12. The molecular weight excluding hydrogens is 1400 g/mol. The topological polar surface area (TPSA) is 77.5 Å². The average molecular weight is 1530 g/mol. The molecular formula is C88H136B2N2O6S6. The van der Waals surface area contributed by atoms with Crippen LogP contribution in [-0.4, -0.2) is 71.3 Å². The zero-order chi connectivity index (χ0) is 74.3. The van der Waals surface area contributed by atoms with E-state index in [0.29, 0.717) is 36.1 Å². The molecule has 10 rings (SSSR count). The molecule has 0 saturated carbocycles. The Bertz CT molecular complexity index is 3480. The minimum Gasteiger partial charge on any atom is -0.399 e. The summed E-state index contributed by atoms with van der Waals surface area (Å²) in [7, 11) is -0.664. The lowest BCUT2D eigenvalue weighted by Crippen LogP contribution is -2.41.